The third-order valence-corrected chi connectivity index (χ3v) is 1.15. The molecule has 0 radical (unpaired) electrons. The van der Waals surface area contributed by atoms with Gasteiger partial charge in [-0.15, -0.1) is 0 Å². The highest BCUT2D eigenvalue weighted by Crippen LogP contribution is 1.69. The van der Waals surface area contributed by atoms with Gasteiger partial charge in [0, 0.05) is 6.54 Å². The van der Waals surface area contributed by atoms with Crippen LogP contribution in [0, 0.1) is 0 Å². The van der Waals surface area contributed by atoms with E-state index in [9.17, 15) is 8.42 Å². The van der Waals surface area contributed by atoms with Crippen molar-refractivity contribution in [1.29, 1.82) is 0 Å². The summed E-state index contributed by atoms with van der Waals surface area (Å²) in [6.07, 6.45) is 2.01. The molecule has 0 saturated carbocycles. The molecule has 0 aromatic rings. The monoisotopic (exact) mass is 152 g/mol. The lowest BCUT2D eigenvalue weighted by molar-refractivity contribution is 0.560. The molecule has 0 aliphatic carbocycles. The fourth-order valence-corrected chi connectivity index (χ4v) is 0.671. The lowest BCUT2D eigenvalue weighted by Gasteiger charge is -2.00. The van der Waals surface area contributed by atoms with E-state index in [2.05, 4.69) is 10.3 Å². The van der Waals surface area contributed by atoms with Crippen LogP contribution in [0.25, 0.3) is 0 Å². The van der Waals surface area contributed by atoms with Crippen molar-refractivity contribution in [2.45, 2.75) is 13.3 Å². The third kappa shape index (κ3) is 7.87. The zero-order chi connectivity index (χ0) is 7.33. The summed E-state index contributed by atoms with van der Waals surface area (Å²) in [5.74, 6) is 0. The number of hydrogen-bond donors (Lipinski definition) is 2. The summed E-state index contributed by atoms with van der Waals surface area (Å²) in [6, 6.07) is 0. The standard InChI is InChI=1S/C4H12N2O2S/c1-3-4-5-6-9(2,7)8/h5-6H,3-4H2,1-2H3. The Morgan fingerprint density at radius 3 is 2.33 bits per heavy atom. The Hall–Kier alpha value is -0.130. The average molecular weight is 152 g/mol. The Morgan fingerprint density at radius 1 is 1.44 bits per heavy atom. The van der Waals surface area contributed by atoms with Crippen LogP contribution in [0.3, 0.4) is 0 Å². The van der Waals surface area contributed by atoms with Gasteiger partial charge < -0.3 is 0 Å². The van der Waals surface area contributed by atoms with Gasteiger partial charge in [0.25, 0.3) is 0 Å². The van der Waals surface area contributed by atoms with E-state index in [-0.39, 0.29) is 0 Å². The van der Waals surface area contributed by atoms with E-state index in [4.69, 9.17) is 0 Å². The van der Waals surface area contributed by atoms with E-state index in [1.807, 2.05) is 6.92 Å². The molecule has 0 rings (SSSR count). The van der Waals surface area contributed by atoms with Gasteiger partial charge in [-0.3, -0.25) is 0 Å². The molecule has 0 spiro atoms. The van der Waals surface area contributed by atoms with Crippen LogP contribution in [0.1, 0.15) is 13.3 Å². The van der Waals surface area contributed by atoms with Crippen LogP contribution < -0.4 is 10.3 Å². The van der Waals surface area contributed by atoms with E-state index in [0.717, 1.165) is 12.7 Å². The minimum absolute atomic E-state index is 0.660. The predicted molar refractivity (Wildman–Crippen MR) is 36.3 cm³/mol. The summed E-state index contributed by atoms with van der Waals surface area (Å²) in [6.45, 7) is 2.62. The Kier molecular flexibility index (Phi) is 3.76. The van der Waals surface area contributed by atoms with E-state index < -0.39 is 10.0 Å². The van der Waals surface area contributed by atoms with Crippen molar-refractivity contribution in [2.24, 2.45) is 0 Å². The smallest absolute Gasteiger partial charge is 0.221 e. The maximum absolute atomic E-state index is 10.3. The highest BCUT2D eigenvalue weighted by molar-refractivity contribution is 7.88. The van der Waals surface area contributed by atoms with Gasteiger partial charge in [-0.1, -0.05) is 6.92 Å². The molecule has 0 unspecified atom stereocenters. The quantitative estimate of drug-likeness (QED) is 0.420. The Bertz CT molecular complexity index is 152. The van der Waals surface area contributed by atoms with Crippen LogP contribution in [0.15, 0.2) is 0 Å². The SMILES string of the molecule is CCCNNS(C)(=O)=O. The molecule has 0 aromatic carbocycles. The molecule has 4 nitrogen and oxygen atoms in total. The highest BCUT2D eigenvalue weighted by atomic mass is 32.2. The zero-order valence-electron chi connectivity index (χ0n) is 5.64. The number of nitrogens with one attached hydrogen (secondary N) is 2. The Labute approximate surface area is 55.7 Å². The summed E-state index contributed by atoms with van der Waals surface area (Å²) in [7, 11) is -3.06. The molecule has 0 amide bonds. The molecule has 5 heteroatoms. The first kappa shape index (κ1) is 8.87. The van der Waals surface area contributed by atoms with Gasteiger partial charge >= 0.3 is 0 Å². The molecular weight excluding hydrogens is 140 g/mol. The van der Waals surface area contributed by atoms with Gasteiger partial charge in [0.1, 0.15) is 0 Å². The van der Waals surface area contributed by atoms with Crippen molar-refractivity contribution in [1.82, 2.24) is 10.3 Å². The second-order valence-corrected chi connectivity index (χ2v) is 3.55. The Balaban J connectivity index is 3.30. The first-order valence-corrected chi connectivity index (χ1v) is 4.65. The summed E-state index contributed by atoms with van der Waals surface area (Å²) >= 11 is 0. The minimum atomic E-state index is -3.06. The van der Waals surface area contributed by atoms with Gasteiger partial charge in [0.2, 0.25) is 10.0 Å². The number of hydrazine groups is 1. The highest BCUT2D eigenvalue weighted by Gasteiger charge is 1.95. The number of hydrogen-bond acceptors (Lipinski definition) is 3. The largest absolute Gasteiger partial charge is 0.244 e. The summed E-state index contributed by atoms with van der Waals surface area (Å²) in [5, 5.41) is 0. The molecule has 0 fully saturated rings. The van der Waals surface area contributed by atoms with Crippen LogP contribution in [-0.2, 0) is 10.0 Å². The maximum atomic E-state index is 10.3. The van der Waals surface area contributed by atoms with Crippen LogP contribution in [0.5, 0.6) is 0 Å². The molecule has 0 aromatic heterocycles. The molecule has 2 N–H and O–H groups in total. The summed E-state index contributed by atoms with van der Waals surface area (Å²) in [5.41, 5.74) is 2.54. The van der Waals surface area contributed by atoms with E-state index in [0.29, 0.717) is 6.54 Å². The lowest BCUT2D eigenvalue weighted by atomic mass is 10.5. The second kappa shape index (κ2) is 3.81. The Morgan fingerprint density at radius 2 is 2.00 bits per heavy atom. The van der Waals surface area contributed by atoms with Crippen LogP contribution in [-0.4, -0.2) is 21.2 Å². The first-order valence-electron chi connectivity index (χ1n) is 2.76. The van der Waals surface area contributed by atoms with Crippen molar-refractivity contribution < 1.29 is 8.42 Å². The van der Waals surface area contributed by atoms with E-state index >= 15 is 0 Å². The topological polar surface area (TPSA) is 58.2 Å². The minimum Gasteiger partial charge on any atom is -0.244 e. The average Bonchev–Trinajstić information content (AvgIpc) is 1.63. The van der Waals surface area contributed by atoms with E-state index in [1.165, 1.54) is 0 Å². The van der Waals surface area contributed by atoms with Gasteiger partial charge in [0.15, 0.2) is 0 Å². The van der Waals surface area contributed by atoms with Crippen LogP contribution >= 0.6 is 0 Å². The normalized spacial score (nSPS) is 11.8. The van der Waals surface area contributed by atoms with Crippen molar-refractivity contribution in [3.8, 4) is 0 Å². The number of sulfonamides is 1. The molecule has 0 aliphatic heterocycles. The number of rotatable bonds is 4. The summed E-state index contributed by atoms with van der Waals surface area (Å²) < 4.78 is 20.7. The molecule has 9 heavy (non-hydrogen) atoms. The fraction of sp³-hybridized carbons (Fsp3) is 1.00. The van der Waals surface area contributed by atoms with Gasteiger partial charge in [-0.2, -0.15) is 4.83 Å². The van der Waals surface area contributed by atoms with E-state index in [1.54, 1.807) is 0 Å². The third-order valence-electron chi connectivity index (χ3n) is 0.633. The predicted octanol–water partition coefficient (Wildman–Crippen LogP) is -0.550. The zero-order valence-corrected chi connectivity index (χ0v) is 6.46. The van der Waals surface area contributed by atoms with Crippen molar-refractivity contribution in [2.75, 3.05) is 12.8 Å². The lowest BCUT2D eigenvalue weighted by Crippen LogP contribution is -2.36. The maximum Gasteiger partial charge on any atom is 0.221 e. The van der Waals surface area contributed by atoms with Crippen molar-refractivity contribution >= 4 is 10.0 Å². The molecule has 0 atom stereocenters. The molecular formula is C4H12N2O2S. The molecule has 0 bridgehead atoms. The van der Waals surface area contributed by atoms with Gasteiger partial charge in [-0.05, 0) is 6.42 Å². The van der Waals surface area contributed by atoms with Crippen molar-refractivity contribution in [3.63, 3.8) is 0 Å². The van der Waals surface area contributed by atoms with Crippen LogP contribution in [0.2, 0.25) is 0 Å². The molecule has 56 valence electrons. The fourth-order valence-electron chi connectivity index (χ4n) is 0.307. The second-order valence-electron chi connectivity index (χ2n) is 1.80. The van der Waals surface area contributed by atoms with Crippen LogP contribution in [0.4, 0.5) is 0 Å². The first-order chi connectivity index (χ1) is 4.06. The molecule has 0 heterocycles. The van der Waals surface area contributed by atoms with Gasteiger partial charge in [0.05, 0.1) is 6.26 Å². The molecule has 0 saturated heterocycles. The molecule has 0 aliphatic rings. The van der Waals surface area contributed by atoms with Crippen molar-refractivity contribution in [3.05, 3.63) is 0 Å². The summed E-state index contributed by atoms with van der Waals surface area (Å²) in [4.78, 5) is 2.14. The van der Waals surface area contributed by atoms with Gasteiger partial charge in [-0.25, -0.2) is 13.8 Å².